The Morgan fingerprint density at radius 1 is 1.14 bits per heavy atom. The molecule has 0 bridgehead atoms. The van der Waals surface area contributed by atoms with Crippen LogP contribution in [0.4, 0.5) is 0 Å². The first-order chi connectivity index (χ1) is 13.5. The molecule has 0 saturated carbocycles. The molecule has 9 heteroatoms. The fourth-order valence-electron chi connectivity index (χ4n) is 2.57. The summed E-state index contributed by atoms with van der Waals surface area (Å²) in [5, 5.41) is 6.98. The van der Waals surface area contributed by atoms with Gasteiger partial charge in [0.25, 0.3) is 5.91 Å². The number of aromatic nitrogens is 3. The zero-order valence-corrected chi connectivity index (χ0v) is 16.1. The Labute approximate surface area is 163 Å². The predicted molar refractivity (Wildman–Crippen MR) is 103 cm³/mol. The molecule has 1 aromatic carbocycles. The Kier molecular flexibility index (Phi) is 6.17. The molecular weight excluding hydrogens is 380 g/mol. The Morgan fingerprint density at radius 3 is 2.61 bits per heavy atom. The highest BCUT2D eigenvalue weighted by atomic mass is 32.2. The number of nitrogens with zero attached hydrogens (tertiary/aromatic N) is 3. The second kappa shape index (κ2) is 8.77. The summed E-state index contributed by atoms with van der Waals surface area (Å²) in [4.78, 5) is 16.9. The molecular formula is C19H20N4O4S. The lowest BCUT2D eigenvalue weighted by Gasteiger charge is -2.10. The zero-order chi connectivity index (χ0) is 20.0. The van der Waals surface area contributed by atoms with Crippen LogP contribution in [-0.2, 0) is 21.1 Å². The van der Waals surface area contributed by atoms with Crippen molar-refractivity contribution in [3.63, 3.8) is 0 Å². The van der Waals surface area contributed by atoms with Crippen molar-refractivity contribution >= 4 is 15.7 Å². The van der Waals surface area contributed by atoms with E-state index >= 15 is 0 Å². The molecule has 0 atom stereocenters. The van der Waals surface area contributed by atoms with Crippen LogP contribution < -0.4 is 5.32 Å². The first-order valence-corrected chi connectivity index (χ1v) is 10.2. The number of hydrogen-bond acceptors (Lipinski definition) is 6. The van der Waals surface area contributed by atoms with Crippen LogP contribution in [0.25, 0.3) is 5.82 Å². The maximum atomic E-state index is 12.4. The van der Waals surface area contributed by atoms with Gasteiger partial charge in [-0.1, -0.05) is 6.07 Å². The quantitative estimate of drug-likeness (QED) is 0.616. The summed E-state index contributed by atoms with van der Waals surface area (Å²) >= 11 is 0. The topological polar surface area (TPSA) is 103 Å². The van der Waals surface area contributed by atoms with Crippen LogP contribution in [0, 0.1) is 0 Å². The maximum Gasteiger partial charge on any atom is 0.251 e. The summed E-state index contributed by atoms with van der Waals surface area (Å²) in [6, 6.07) is 11.3. The molecule has 0 aliphatic carbocycles. The average molecular weight is 400 g/mol. The van der Waals surface area contributed by atoms with Gasteiger partial charge >= 0.3 is 0 Å². The molecule has 3 rings (SSSR count). The largest absolute Gasteiger partial charge is 0.384 e. The third-order valence-electron chi connectivity index (χ3n) is 4.06. The molecule has 0 unspecified atom stereocenters. The maximum absolute atomic E-state index is 12.4. The van der Waals surface area contributed by atoms with Crippen LogP contribution in [0.5, 0.6) is 0 Å². The predicted octanol–water partition coefficient (Wildman–Crippen LogP) is 1.62. The van der Waals surface area contributed by atoms with Gasteiger partial charge < -0.3 is 10.1 Å². The Morgan fingerprint density at radius 2 is 1.93 bits per heavy atom. The fraction of sp³-hybridized carbons (Fsp3) is 0.211. The van der Waals surface area contributed by atoms with Crippen LogP contribution in [0.1, 0.15) is 15.9 Å². The molecule has 3 aromatic rings. The highest BCUT2D eigenvalue weighted by Crippen LogP contribution is 2.14. The number of carbonyl (C=O) groups excluding carboxylic acids is 1. The molecule has 28 heavy (non-hydrogen) atoms. The van der Waals surface area contributed by atoms with E-state index in [9.17, 15) is 13.2 Å². The molecule has 0 radical (unpaired) electrons. The van der Waals surface area contributed by atoms with Crippen LogP contribution in [0.15, 0.2) is 66.0 Å². The summed E-state index contributed by atoms with van der Waals surface area (Å²) in [5.41, 5.74) is 1.17. The molecule has 0 fully saturated rings. The van der Waals surface area contributed by atoms with E-state index in [0.717, 1.165) is 5.56 Å². The van der Waals surface area contributed by atoms with Crippen LogP contribution in [0.2, 0.25) is 0 Å². The van der Waals surface area contributed by atoms with E-state index in [1.807, 2.05) is 6.07 Å². The first kappa shape index (κ1) is 19.7. The standard InChI is InChI=1S/C19H20N4O4S/c1-27-12-13-28(25,26)17-7-5-15(6-8-17)19(24)21-14-16-4-2-9-20-18(16)23-11-3-10-22-23/h2-11H,12-14H2,1H3,(H,21,24). The van der Waals surface area contributed by atoms with Crippen molar-refractivity contribution in [2.45, 2.75) is 11.4 Å². The number of sulfone groups is 1. The monoisotopic (exact) mass is 400 g/mol. The molecule has 1 amide bonds. The van der Waals surface area contributed by atoms with Gasteiger partial charge in [0.2, 0.25) is 0 Å². The molecule has 0 saturated heterocycles. The van der Waals surface area contributed by atoms with Gasteiger partial charge in [0.15, 0.2) is 15.7 Å². The molecule has 146 valence electrons. The van der Waals surface area contributed by atoms with Crippen molar-refractivity contribution in [1.82, 2.24) is 20.1 Å². The third-order valence-corrected chi connectivity index (χ3v) is 5.75. The van der Waals surface area contributed by atoms with Gasteiger partial charge in [-0.25, -0.2) is 18.1 Å². The minimum absolute atomic E-state index is 0.105. The SMILES string of the molecule is COCCS(=O)(=O)c1ccc(C(=O)NCc2cccnc2-n2cccn2)cc1. The second-order valence-electron chi connectivity index (χ2n) is 5.96. The highest BCUT2D eigenvalue weighted by molar-refractivity contribution is 7.91. The average Bonchev–Trinajstić information content (AvgIpc) is 3.25. The molecule has 0 aliphatic rings. The number of benzene rings is 1. The van der Waals surface area contributed by atoms with E-state index in [1.165, 1.54) is 31.4 Å². The van der Waals surface area contributed by atoms with Gasteiger partial charge in [-0.2, -0.15) is 5.10 Å². The number of carbonyl (C=O) groups is 1. The number of methoxy groups -OCH3 is 1. The van der Waals surface area contributed by atoms with Crippen molar-refractivity contribution in [3.05, 3.63) is 72.2 Å². The summed E-state index contributed by atoms with van der Waals surface area (Å²) < 4.78 is 30.7. The number of nitrogens with one attached hydrogen (secondary N) is 1. The molecule has 8 nitrogen and oxygen atoms in total. The van der Waals surface area contributed by atoms with E-state index < -0.39 is 9.84 Å². The van der Waals surface area contributed by atoms with E-state index in [-0.39, 0.29) is 29.7 Å². The van der Waals surface area contributed by atoms with Gasteiger partial charge in [-0.3, -0.25) is 4.79 Å². The molecule has 2 aromatic heterocycles. The zero-order valence-electron chi connectivity index (χ0n) is 15.3. The lowest BCUT2D eigenvalue weighted by atomic mass is 10.2. The normalized spacial score (nSPS) is 11.3. The Bertz CT molecular complexity index is 1030. The third kappa shape index (κ3) is 4.62. The van der Waals surface area contributed by atoms with Crippen LogP contribution in [-0.4, -0.2) is 48.6 Å². The van der Waals surface area contributed by atoms with E-state index in [2.05, 4.69) is 15.4 Å². The van der Waals surface area contributed by atoms with Crippen LogP contribution in [0.3, 0.4) is 0 Å². The fourth-order valence-corrected chi connectivity index (χ4v) is 3.74. The summed E-state index contributed by atoms with van der Waals surface area (Å²) in [7, 11) is -1.98. The van der Waals surface area contributed by atoms with E-state index in [1.54, 1.807) is 35.4 Å². The molecule has 0 spiro atoms. The lowest BCUT2D eigenvalue weighted by molar-refractivity contribution is 0.0950. The van der Waals surface area contributed by atoms with Crippen molar-refractivity contribution in [1.29, 1.82) is 0 Å². The molecule has 0 aliphatic heterocycles. The van der Waals surface area contributed by atoms with E-state index in [0.29, 0.717) is 11.4 Å². The highest BCUT2D eigenvalue weighted by Gasteiger charge is 2.15. The van der Waals surface area contributed by atoms with Crippen molar-refractivity contribution in [2.75, 3.05) is 19.5 Å². The summed E-state index contributed by atoms with van der Waals surface area (Å²) in [5.74, 6) is 0.218. The lowest BCUT2D eigenvalue weighted by Crippen LogP contribution is -2.24. The number of pyridine rings is 1. The van der Waals surface area contributed by atoms with Gasteiger partial charge in [-0.05, 0) is 36.4 Å². The Balaban J connectivity index is 1.68. The smallest absolute Gasteiger partial charge is 0.251 e. The van der Waals surface area contributed by atoms with Crippen molar-refractivity contribution < 1.29 is 17.9 Å². The van der Waals surface area contributed by atoms with Gasteiger partial charge in [0, 0.05) is 43.4 Å². The second-order valence-corrected chi connectivity index (χ2v) is 8.06. The minimum atomic E-state index is -3.43. The Hall–Kier alpha value is -3.04. The molecule has 2 heterocycles. The number of ether oxygens (including phenoxy) is 1. The number of hydrogen-bond donors (Lipinski definition) is 1. The number of amides is 1. The van der Waals surface area contributed by atoms with Gasteiger partial charge in [0.05, 0.1) is 17.3 Å². The summed E-state index contributed by atoms with van der Waals surface area (Å²) in [6.45, 7) is 0.379. The first-order valence-electron chi connectivity index (χ1n) is 8.55. The molecule has 1 N–H and O–H groups in total. The van der Waals surface area contributed by atoms with E-state index in [4.69, 9.17) is 4.74 Å². The van der Waals surface area contributed by atoms with Crippen molar-refractivity contribution in [2.24, 2.45) is 0 Å². The van der Waals surface area contributed by atoms with Crippen molar-refractivity contribution in [3.8, 4) is 5.82 Å². The van der Waals surface area contributed by atoms with Crippen LogP contribution >= 0.6 is 0 Å². The van der Waals surface area contributed by atoms with Gasteiger partial charge in [0.1, 0.15) is 0 Å². The minimum Gasteiger partial charge on any atom is -0.384 e. The van der Waals surface area contributed by atoms with Gasteiger partial charge in [-0.15, -0.1) is 0 Å². The number of rotatable bonds is 8. The summed E-state index contributed by atoms with van der Waals surface area (Å²) in [6.07, 6.45) is 5.08.